The van der Waals surface area contributed by atoms with Crippen molar-refractivity contribution in [3.63, 3.8) is 0 Å². The maximum absolute atomic E-state index is 13.6. The second kappa shape index (κ2) is 6.45. The Morgan fingerprint density at radius 1 is 1.36 bits per heavy atom. The topological polar surface area (TPSA) is 55.4 Å². The Hall–Kier alpha value is -1.28. The first-order chi connectivity index (χ1) is 10.3. The van der Waals surface area contributed by atoms with Crippen molar-refractivity contribution in [2.45, 2.75) is 38.2 Å². The fourth-order valence-electron chi connectivity index (χ4n) is 2.26. The van der Waals surface area contributed by atoms with Crippen LogP contribution in [-0.4, -0.2) is 27.2 Å². The average molecular weight is 337 g/mol. The minimum atomic E-state index is -3.43. The molecule has 1 aromatic carbocycles. The van der Waals surface area contributed by atoms with Gasteiger partial charge in [-0.05, 0) is 37.0 Å². The van der Waals surface area contributed by atoms with Gasteiger partial charge >= 0.3 is 0 Å². The predicted octanol–water partition coefficient (Wildman–Crippen LogP) is 2.79. The summed E-state index contributed by atoms with van der Waals surface area (Å²) in [5, 5.41) is 0. The van der Waals surface area contributed by atoms with Crippen LogP contribution < -0.4 is 9.46 Å². The van der Waals surface area contributed by atoms with Crippen LogP contribution in [0.2, 0.25) is 0 Å². The fourth-order valence-corrected chi connectivity index (χ4v) is 3.81. The second-order valence-electron chi connectivity index (χ2n) is 5.35. The minimum absolute atomic E-state index is 0.00465. The molecule has 1 N–H and O–H groups in total. The van der Waals surface area contributed by atoms with Gasteiger partial charge in [0.25, 0.3) is 6.43 Å². The molecule has 0 aromatic heterocycles. The lowest BCUT2D eigenvalue weighted by Gasteiger charge is -2.19. The minimum Gasteiger partial charge on any atom is -0.485 e. The van der Waals surface area contributed by atoms with Crippen LogP contribution in [0.15, 0.2) is 18.2 Å². The molecule has 1 aliphatic rings. The van der Waals surface area contributed by atoms with Crippen molar-refractivity contribution in [1.82, 2.24) is 4.72 Å². The van der Waals surface area contributed by atoms with Crippen LogP contribution in [-0.2, 0) is 15.6 Å². The normalized spacial score (nSPS) is 16.8. The number of nitrogens with one attached hydrogen (secondary N) is 1. The van der Waals surface area contributed by atoms with Crippen LogP contribution in [0.25, 0.3) is 0 Å². The molecule has 0 amide bonds. The summed E-state index contributed by atoms with van der Waals surface area (Å²) in [4.78, 5) is 0. The van der Waals surface area contributed by atoms with Crippen molar-refractivity contribution in [3.05, 3.63) is 29.6 Å². The lowest BCUT2D eigenvalue weighted by Crippen LogP contribution is -2.36. The van der Waals surface area contributed by atoms with Crippen LogP contribution >= 0.6 is 0 Å². The molecule has 1 aliphatic carbocycles. The van der Waals surface area contributed by atoms with Crippen LogP contribution in [0.5, 0.6) is 5.75 Å². The van der Waals surface area contributed by atoms with Crippen molar-refractivity contribution in [2.24, 2.45) is 0 Å². The molecule has 1 aromatic rings. The largest absolute Gasteiger partial charge is 0.485 e. The molecular weight excluding hydrogens is 319 g/mol. The summed E-state index contributed by atoms with van der Waals surface area (Å²) >= 11 is 0. The Labute approximate surface area is 127 Å². The fraction of sp³-hybridized carbons (Fsp3) is 0.571. The molecule has 4 nitrogen and oxygen atoms in total. The zero-order valence-electron chi connectivity index (χ0n) is 12.1. The van der Waals surface area contributed by atoms with E-state index in [1.165, 1.54) is 12.1 Å². The average Bonchev–Trinajstić information content (AvgIpc) is 3.17. The first-order valence-electron chi connectivity index (χ1n) is 7.00. The predicted molar refractivity (Wildman–Crippen MR) is 76.0 cm³/mol. The molecule has 0 aliphatic heterocycles. The number of sulfonamides is 1. The van der Waals surface area contributed by atoms with Crippen LogP contribution in [0.3, 0.4) is 0 Å². The van der Waals surface area contributed by atoms with Crippen molar-refractivity contribution in [3.8, 4) is 5.75 Å². The van der Waals surface area contributed by atoms with Gasteiger partial charge in [-0.25, -0.2) is 26.3 Å². The monoisotopic (exact) mass is 337 g/mol. The number of hydrogen-bond acceptors (Lipinski definition) is 3. The first-order valence-corrected chi connectivity index (χ1v) is 8.66. The van der Waals surface area contributed by atoms with E-state index in [0.717, 1.165) is 6.07 Å². The van der Waals surface area contributed by atoms with Crippen molar-refractivity contribution in [2.75, 3.05) is 12.4 Å². The zero-order chi connectivity index (χ0) is 16.4. The van der Waals surface area contributed by atoms with Gasteiger partial charge in [0.15, 0.2) is 11.6 Å². The summed E-state index contributed by atoms with van der Waals surface area (Å²) in [6.07, 6.45) is -1.07. The summed E-state index contributed by atoms with van der Waals surface area (Å²) in [6.45, 7) is 0.849. The summed E-state index contributed by atoms with van der Waals surface area (Å²) in [5.41, 5.74) is -0.247. The molecule has 0 saturated heterocycles. The zero-order valence-corrected chi connectivity index (χ0v) is 12.9. The van der Waals surface area contributed by atoms with Gasteiger partial charge in [0.05, 0.1) is 11.3 Å². The molecule has 0 bridgehead atoms. The molecule has 0 atom stereocenters. The van der Waals surface area contributed by atoms with Gasteiger partial charge in [0.1, 0.15) is 6.61 Å². The van der Waals surface area contributed by atoms with Crippen LogP contribution in [0, 0.1) is 5.82 Å². The van der Waals surface area contributed by atoms with Gasteiger partial charge in [-0.2, -0.15) is 0 Å². The van der Waals surface area contributed by atoms with Gasteiger partial charge < -0.3 is 4.74 Å². The molecule has 22 heavy (non-hydrogen) atoms. The molecule has 0 spiro atoms. The third-order valence-corrected chi connectivity index (χ3v) is 5.07. The van der Waals surface area contributed by atoms with E-state index < -0.39 is 34.4 Å². The molecule has 1 fully saturated rings. The lowest BCUT2D eigenvalue weighted by molar-refractivity contribution is 0.0798. The van der Waals surface area contributed by atoms with E-state index >= 15 is 0 Å². The summed E-state index contributed by atoms with van der Waals surface area (Å²) in [6, 6.07) is 3.84. The standard InChI is InChI=1S/C14H18F3NO3S/c1-2-7-22(19,20)18-14(5-6-14)10-3-4-11(15)12(8-10)21-9-13(16)17/h3-4,8,13,18H,2,5-7,9H2,1H3. The smallest absolute Gasteiger partial charge is 0.272 e. The summed E-state index contributed by atoms with van der Waals surface area (Å²) in [5.74, 6) is -1.04. The Kier molecular flexibility index (Phi) is 5.01. The molecule has 124 valence electrons. The summed E-state index contributed by atoms with van der Waals surface area (Å²) < 4.78 is 69.1. The van der Waals surface area contributed by atoms with Crippen LogP contribution in [0.1, 0.15) is 31.7 Å². The maximum Gasteiger partial charge on any atom is 0.272 e. The van der Waals surface area contributed by atoms with Crippen molar-refractivity contribution < 1.29 is 26.3 Å². The van der Waals surface area contributed by atoms with E-state index in [9.17, 15) is 21.6 Å². The van der Waals surface area contributed by atoms with E-state index in [2.05, 4.69) is 4.72 Å². The number of ether oxygens (including phenoxy) is 1. The van der Waals surface area contributed by atoms with Crippen molar-refractivity contribution >= 4 is 10.0 Å². The Bertz CT molecular complexity index is 630. The number of alkyl halides is 2. The first kappa shape index (κ1) is 17.1. The second-order valence-corrected chi connectivity index (χ2v) is 7.19. The Morgan fingerprint density at radius 3 is 2.59 bits per heavy atom. The van der Waals surface area contributed by atoms with Gasteiger partial charge in [-0.15, -0.1) is 0 Å². The highest BCUT2D eigenvalue weighted by atomic mass is 32.2. The third-order valence-electron chi connectivity index (χ3n) is 3.42. The number of rotatable bonds is 8. The van der Waals surface area contributed by atoms with E-state index in [-0.39, 0.29) is 11.5 Å². The number of halogens is 3. The molecular formula is C14H18F3NO3S. The quantitative estimate of drug-likeness (QED) is 0.794. The molecule has 1 saturated carbocycles. The molecule has 2 rings (SSSR count). The van der Waals surface area contributed by atoms with Crippen molar-refractivity contribution in [1.29, 1.82) is 0 Å². The molecule has 0 radical (unpaired) electrons. The van der Waals surface area contributed by atoms with E-state index in [4.69, 9.17) is 4.74 Å². The lowest BCUT2D eigenvalue weighted by atomic mass is 10.1. The van der Waals surface area contributed by atoms with Gasteiger partial charge in [0, 0.05) is 0 Å². The highest BCUT2D eigenvalue weighted by Gasteiger charge is 2.47. The van der Waals surface area contributed by atoms with E-state index in [1.54, 1.807) is 6.92 Å². The van der Waals surface area contributed by atoms with Gasteiger partial charge in [0.2, 0.25) is 10.0 Å². The van der Waals surface area contributed by atoms with E-state index in [0.29, 0.717) is 24.8 Å². The van der Waals surface area contributed by atoms with Gasteiger partial charge in [-0.1, -0.05) is 13.0 Å². The third kappa shape index (κ3) is 4.13. The Balaban J connectivity index is 2.20. The molecule has 0 heterocycles. The van der Waals surface area contributed by atoms with Gasteiger partial charge in [-0.3, -0.25) is 0 Å². The highest BCUT2D eigenvalue weighted by Crippen LogP contribution is 2.47. The SMILES string of the molecule is CCCS(=O)(=O)NC1(c2ccc(F)c(OCC(F)F)c2)CC1. The highest BCUT2D eigenvalue weighted by molar-refractivity contribution is 7.89. The Morgan fingerprint density at radius 2 is 2.05 bits per heavy atom. The maximum atomic E-state index is 13.6. The summed E-state index contributed by atoms with van der Waals surface area (Å²) in [7, 11) is -3.43. The number of hydrogen-bond donors (Lipinski definition) is 1. The van der Waals surface area contributed by atoms with E-state index in [1.807, 2.05) is 0 Å². The molecule has 0 unspecified atom stereocenters. The molecule has 8 heteroatoms. The van der Waals surface area contributed by atoms with Crippen LogP contribution in [0.4, 0.5) is 13.2 Å². The number of benzene rings is 1.